The molecule has 0 radical (unpaired) electrons. The van der Waals surface area contributed by atoms with Gasteiger partial charge in [-0.15, -0.1) is 0 Å². The summed E-state index contributed by atoms with van der Waals surface area (Å²) < 4.78 is 27.0. The molecule has 0 aliphatic carbocycles. The molecule has 0 aliphatic rings. The Balaban J connectivity index is 2.41. The van der Waals surface area contributed by atoms with Gasteiger partial charge in [0.1, 0.15) is 10.7 Å². The second-order valence-electron chi connectivity index (χ2n) is 4.18. The zero-order valence-electron chi connectivity index (χ0n) is 11.4. The maximum absolute atomic E-state index is 12.3. The number of sulfonamides is 1. The van der Waals surface area contributed by atoms with E-state index >= 15 is 0 Å². The van der Waals surface area contributed by atoms with E-state index < -0.39 is 10.0 Å². The Hall–Kier alpha value is -2.22. The van der Waals surface area contributed by atoms with E-state index in [2.05, 4.69) is 25.0 Å². The van der Waals surface area contributed by atoms with Crippen molar-refractivity contribution in [3.05, 3.63) is 35.8 Å². The molecule has 8 heteroatoms. The van der Waals surface area contributed by atoms with E-state index in [4.69, 9.17) is 0 Å². The molecule has 0 fully saturated rings. The first-order valence-corrected chi connectivity index (χ1v) is 7.38. The van der Waals surface area contributed by atoms with Crippen LogP contribution in [0.4, 0.5) is 11.8 Å². The SMILES string of the molecule is CNc1ncccc1S(=O)(=O)Nc1nc(C)cc(C)n1. The maximum Gasteiger partial charge on any atom is 0.267 e. The highest BCUT2D eigenvalue weighted by Gasteiger charge is 2.20. The number of aryl methyl sites for hydroxylation is 2. The molecule has 0 atom stereocenters. The van der Waals surface area contributed by atoms with Crippen LogP contribution in [0.3, 0.4) is 0 Å². The minimum Gasteiger partial charge on any atom is -0.372 e. The predicted octanol–water partition coefficient (Wildman–Crippen LogP) is 1.33. The number of nitrogens with zero attached hydrogens (tertiary/aromatic N) is 3. The Labute approximate surface area is 117 Å². The van der Waals surface area contributed by atoms with E-state index in [1.165, 1.54) is 12.3 Å². The summed E-state index contributed by atoms with van der Waals surface area (Å²) in [6.07, 6.45) is 1.51. The largest absolute Gasteiger partial charge is 0.372 e. The first kappa shape index (κ1) is 14.2. The lowest BCUT2D eigenvalue weighted by molar-refractivity contribution is 0.600. The third-order valence-corrected chi connectivity index (χ3v) is 3.86. The number of hydrogen-bond acceptors (Lipinski definition) is 6. The monoisotopic (exact) mass is 293 g/mol. The minimum absolute atomic E-state index is 0.0465. The van der Waals surface area contributed by atoms with Gasteiger partial charge < -0.3 is 5.32 Å². The van der Waals surface area contributed by atoms with Gasteiger partial charge in [-0.1, -0.05) is 0 Å². The summed E-state index contributed by atoms with van der Waals surface area (Å²) in [7, 11) is -2.18. The van der Waals surface area contributed by atoms with Crippen LogP contribution in [-0.4, -0.2) is 30.4 Å². The predicted molar refractivity (Wildman–Crippen MR) is 76.1 cm³/mol. The number of pyridine rings is 1. The van der Waals surface area contributed by atoms with Crippen LogP contribution < -0.4 is 10.0 Å². The standard InChI is InChI=1S/C12H15N5O2S/c1-8-7-9(2)16-12(15-8)17-20(18,19)10-5-4-6-14-11(10)13-3/h4-7H,1-3H3,(H,13,14)(H,15,16,17). The van der Waals surface area contributed by atoms with Gasteiger partial charge in [0, 0.05) is 24.6 Å². The van der Waals surface area contributed by atoms with Crippen LogP contribution in [0.15, 0.2) is 29.3 Å². The molecule has 2 rings (SSSR count). The fourth-order valence-corrected chi connectivity index (χ4v) is 2.85. The van der Waals surface area contributed by atoms with E-state index in [1.54, 1.807) is 33.0 Å². The van der Waals surface area contributed by atoms with Crippen molar-refractivity contribution in [2.24, 2.45) is 0 Å². The fourth-order valence-electron chi connectivity index (χ4n) is 1.74. The van der Waals surface area contributed by atoms with E-state index in [0.29, 0.717) is 11.4 Å². The van der Waals surface area contributed by atoms with E-state index in [9.17, 15) is 8.42 Å². The molecule has 0 saturated carbocycles. The van der Waals surface area contributed by atoms with Gasteiger partial charge in [-0.05, 0) is 32.0 Å². The van der Waals surface area contributed by atoms with Gasteiger partial charge in [-0.2, -0.15) is 0 Å². The van der Waals surface area contributed by atoms with Crippen LogP contribution in [0.2, 0.25) is 0 Å². The van der Waals surface area contributed by atoms with Gasteiger partial charge in [-0.25, -0.2) is 28.1 Å². The summed E-state index contributed by atoms with van der Waals surface area (Å²) in [6, 6.07) is 4.78. The second-order valence-corrected chi connectivity index (χ2v) is 5.83. The number of aromatic nitrogens is 3. The van der Waals surface area contributed by atoms with Crippen molar-refractivity contribution in [3.63, 3.8) is 0 Å². The van der Waals surface area contributed by atoms with Crippen molar-refractivity contribution >= 4 is 21.8 Å². The quantitative estimate of drug-likeness (QED) is 0.882. The van der Waals surface area contributed by atoms with Gasteiger partial charge in [0.05, 0.1) is 0 Å². The molecule has 106 valence electrons. The summed E-state index contributed by atoms with van der Waals surface area (Å²) >= 11 is 0. The third-order valence-electron chi connectivity index (χ3n) is 2.50. The van der Waals surface area contributed by atoms with Crippen LogP contribution in [0, 0.1) is 13.8 Å². The number of hydrogen-bond donors (Lipinski definition) is 2. The van der Waals surface area contributed by atoms with Crippen molar-refractivity contribution in [3.8, 4) is 0 Å². The summed E-state index contributed by atoms with van der Waals surface area (Å²) in [4.78, 5) is 12.1. The highest BCUT2D eigenvalue weighted by Crippen LogP contribution is 2.19. The molecule has 0 spiro atoms. The highest BCUT2D eigenvalue weighted by molar-refractivity contribution is 7.92. The Morgan fingerprint density at radius 2 is 1.80 bits per heavy atom. The smallest absolute Gasteiger partial charge is 0.267 e. The molecule has 0 saturated heterocycles. The summed E-state index contributed by atoms with van der Waals surface area (Å²) in [5.74, 6) is 0.317. The van der Waals surface area contributed by atoms with Crippen molar-refractivity contribution in [2.75, 3.05) is 17.1 Å². The third kappa shape index (κ3) is 3.02. The van der Waals surface area contributed by atoms with Crippen molar-refractivity contribution in [1.82, 2.24) is 15.0 Å². The van der Waals surface area contributed by atoms with Crippen LogP contribution in [-0.2, 0) is 10.0 Å². The number of rotatable bonds is 4. The number of nitrogens with one attached hydrogen (secondary N) is 2. The van der Waals surface area contributed by atoms with Gasteiger partial charge in [0.15, 0.2) is 0 Å². The molecule has 0 bridgehead atoms. The van der Waals surface area contributed by atoms with E-state index in [0.717, 1.165) is 0 Å². The van der Waals surface area contributed by atoms with Crippen LogP contribution in [0.1, 0.15) is 11.4 Å². The van der Waals surface area contributed by atoms with Crippen molar-refractivity contribution in [2.45, 2.75) is 18.7 Å². The lowest BCUT2D eigenvalue weighted by atomic mass is 10.4. The molecule has 7 nitrogen and oxygen atoms in total. The molecule has 2 aromatic rings. The van der Waals surface area contributed by atoms with Crippen molar-refractivity contribution in [1.29, 1.82) is 0 Å². The topological polar surface area (TPSA) is 96.9 Å². The Morgan fingerprint density at radius 3 is 2.40 bits per heavy atom. The number of anilines is 2. The molecule has 2 heterocycles. The zero-order chi connectivity index (χ0) is 14.8. The average molecular weight is 293 g/mol. The van der Waals surface area contributed by atoms with Gasteiger partial charge in [-0.3, -0.25) is 0 Å². The fraction of sp³-hybridized carbons (Fsp3) is 0.250. The van der Waals surface area contributed by atoms with Crippen LogP contribution in [0.25, 0.3) is 0 Å². The Bertz CT molecular complexity index is 710. The molecular weight excluding hydrogens is 278 g/mol. The summed E-state index contributed by atoms with van der Waals surface area (Å²) in [6.45, 7) is 3.55. The average Bonchev–Trinajstić information content (AvgIpc) is 2.36. The highest BCUT2D eigenvalue weighted by atomic mass is 32.2. The van der Waals surface area contributed by atoms with Crippen LogP contribution in [0.5, 0.6) is 0 Å². The molecular formula is C12H15N5O2S. The minimum atomic E-state index is -3.79. The molecule has 0 amide bonds. The molecule has 0 aromatic carbocycles. The Kier molecular flexibility index (Phi) is 3.84. The van der Waals surface area contributed by atoms with E-state index in [-0.39, 0.29) is 16.7 Å². The summed E-state index contributed by atoms with van der Waals surface area (Å²) in [5, 5.41) is 2.74. The van der Waals surface area contributed by atoms with Crippen LogP contribution >= 0.6 is 0 Å². The molecule has 20 heavy (non-hydrogen) atoms. The van der Waals surface area contributed by atoms with Gasteiger partial charge in [0.2, 0.25) is 5.95 Å². The van der Waals surface area contributed by atoms with E-state index in [1.807, 2.05) is 0 Å². The Morgan fingerprint density at radius 1 is 1.15 bits per heavy atom. The van der Waals surface area contributed by atoms with Crippen molar-refractivity contribution < 1.29 is 8.42 Å². The molecule has 2 N–H and O–H groups in total. The lowest BCUT2D eigenvalue weighted by Gasteiger charge is -2.10. The molecule has 0 unspecified atom stereocenters. The zero-order valence-corrected chi connectivity index (χ0v) is 12.2. The first-order valence-electron chi connectivity index (χ1n) is 5.90. The molecule has 0 aliphatic heterocycles. The molecule has 2 aromatic heterocycles. The van der Waals surface area contributed by atoms with Gasteiger partial charge >= 0.3 is 0 Å². The second kappa shape index (κ2) is 5.41. The van der Waals surface area contributed by atoms with Gasteiger partial charge in [0.25, 0.3) is 10.0 Å². The normalized spacial score (nSPS) is 11.2. The maximum atomic E-state index is 12.3. The first-order chi connectivity index (χ1) is 9.42. The summed E-state index contributed by atoms with van der Waals surface area (Å²) in [5.41, 5.74) is 1.38. The lowest BCUT2D eigenvalue weighted by Crippen LogP contribution is -2.17.